The van der Waals surface area contributed by atoms with Crippen molar-refractivity contribution in [3.05, 3.63) is 131 Å². The molecule has 68 heavy (non-hydrogen) atoms. The van der Waals surface area contributed by atoms with Gasteiger partial charge in [0.05, 0.1) is 65.0 Å². The highest BCUT2D eigenvalue weighted by atomic mass is 16.6. The van der Waals surface area contributed by atoms with Gasteiger partial charge in [0.2, 0.25) is 5.75 Å². The first-order chi connectivity index (χ1) is 33.5. The number of fused-ring (bicyclic) bond motifs is 1. The van der Waals surface area contributed by atoms with Crippen LogP contribution in [0.25, 0.3) is 0 Å². The van der Waals surface area contributed by atoms with E-state index in [1.807, 2.05) is 78.9 Å². The summed E-state index contributed by atoms with van der Waals surface area (Å²) in [6.45, 7) is 12.1. The average molecular weight is 937 g/mol. The largest absolute Gasteiger partial charge is 0.494 e. The Balaban J connectivity index is 1.25. The molecular weight excluding hydrogens is 869 g/mol. The fourth-order valence-electron chi connectivity index (χ4n) is 6.65. The van der Waals surface area contributed by atoms with Gasteiger partial charge in [0.1, 0.15) is 56.9 Å². The zero-order valence-electron chi connectivity index (χ0n) is 40.0. The first-order valence-corrected chi connectivity index (χ1v) is 24.0. The predicted octanol–water partition coefficient (Wildman–Crippen LogP) is 11.1. The van der Waals surface area contributed by atoms with Crippen molar-refractivity contribution in [3.63, 3.8) is 0 Å². The molecule has 0 saturated heterocycles. The summed E-state index contributed by atoms with van der Waals surface area (Å²) in [5.41, 5.74) is 3.61. The topological polar surface area (TPSA) is 128 Å². The lowest BCUT2D eigenvalue weighted by molar-refractivity contribution is 0.00708. The van der Waals surface area contributed by atoms with Gasteiger partial charge in [-0.25, -0.2) is 4.79 Å². The molecule has 0 atom stereocenters. The standard InChI is InChI=1S/C55H68O13/c1-4-7-24-60-47-17-10-42(11-18-47)38-65-52-36-46(55(56)68-41-45-16-23-50-51(35-45)64-34-32-59-30-28-57-27-29-58-31-33-63-50)37-53(66-39-43-12-19-48(20-13-43)61-25-8-5-2)54(52)67-40-44-14-21-49(22-15-44)62-26-9-6-3/h10-23,35-37H,4-9,24-34,38-41H2,1-3H3. The quantitative estimate of drug-likeness (QED) is 0.0430. The molecule has 0 bridgehead atoms. The molecule has 0 fully saturated rings. The molecule has 0 saturated carbocycles. The minimum absolute atomic E-state index is 0.0471. The van der Waals surface area contributed by atoms with Crippen molar-refractivity contribution in [1.29, 1.82) is 0 Å². The molecule has 0 N–H and O–H groups in total. The second kappa shape index (κ2) is 29.6. The van der Waals surface area contributed by atoms with Crippen molar-refractivity contribution in [3.8, 4) is 46.0 Å². The zero-order valence-corrected chi connectivity index (χ0v) is 40.0. The van der Waals surface area contributed by atoms with Crippen LogP contribution in [0.1, 0.15) is 91.9 Å². The number of carbonyl (C=O) groups excluding carboxylic acids is 1. The molecule has 0 amide bonds. The van der Waals surface area contributed by atoms with Crippen molar-refractivity contribution < 1.29 is 61.6 Å². The van der Waals surface area contributed by atoms with Crippen LogP contribution in [0.3, 0.4) is 0 Å². The summed E-state index contributed by atoms with van der Waals surface area (Å²) in [4.78, 5) is 14.1. The van der Waals surface area contributed by atoms with E-state index in [1.165, 1.54) is 0 Å². The van der Waals surface area contributed by atoms with Crippen molar-refractivity contribution in [2.24, 2.45) is 0 Å². The monoisotopic (exact) mass is 936 g/mol. The molecule has 6 rings (SSSR count). The third-order valence-electron chi connectivity index (χ3n) is 10.6. The van der Waals surface area contributed by atoms with Gasteiger partial charge < -0.3 is 56.8 Å². The van der Waals surface area contributed by atoms with Gasteiger partial charge in [-0.3, -0.25) is 0 Å². The number of esters is 1. The summed E-state index contributed by atoms with van der Waals surface area (Å²) in [6, 6.07) is 32.1. The fraction of sp³-hybridized carbons (Fsp3) is 0.436. The number of benzene rings is 5. The summed E-state index contributed by atoms with van der Waals surface area (Å²) in [5, 5.41) is 0. The van der Waals surface area contributed by atoms with Gasteiger partial charge in [0.15, 0.2) is 23.0 Å². The number of rotatable bonds is 24. The Labute approximate surface area is 401 Å². The number of unbranched alkanes of at least 4 members (excludes halogenated alkanes) is 3. The van der Waals surface area contributed by atoms with Gasteiger partial charge in [0, 0.05) is 0 Å². The lowest BCUT2D eigenvalue weighted by Gasteiger charge is -2.19. The predicted molar refractivity (Wildman–Crippen MR) is 259 cm³/mol. The van der Waals surface area contributed by atoms with Crippen LogP contribution in [-0.2, 0) is 45.4 Å². The summed E-state index contributed by atoms with van der Waals surface area (Å²) < 4.78 is 72.1. The van der Waals surface area contributed by atoms with Gasteiger partial charge in [0.25, 0.3) is 0 Å². The second-order valence-electron chi connectivity index (χ2n) is 16.1. The van der Waals surface area contributed by atoms with Crippen LogP contribution in [0.4, 0.5) is 0 Å². The number of carbonyl (C=O) groups is 1. The molecule has 1 aliphatic heterocycles. The maximum absolute atomic E-state index is 14.1. The smallest absolute Gasteiger partial charge is 0.338 e. The Hall–Kier alpha value is -6.15. The van der Waals surface area contributed by atoms with Crippen LogP contribution in [0, 0.1) is 0 Å². The average Bonchev–Trinajstić information content (AvgIpc) is 3.37. The molecule has 0 aromatic heterocycles. The van der Waals surface area contributed by atoms with E-state index in [4.69, 9.17) is 56.8 Å². The number of hydrogen-bond acceptors (Lipinski definition) is 13. The Bertz CT molecular complexity index is 2110. The molecule has 13 heteroatoms. The molecule has 5 aromatic carbocycles. The van der Waals surface area contributed by atoms with Crippen LogP contribution in [-0.4, -0.2) is 78.6 Å². The van der Waals surface area contributed by atoms with E-state index in [9.17, 15) is 4.79 Å². The molecule has 0 aliphatic carbocycles. The van der Waals surface area contributed by atoms with Crippen molar-refractivity contribution in [2.75, 3.05) is 72.7 Å². The van der Waals surface area contributed by atoms with E-state index < -0.39 is 5.97 Å². The molecule has 0 radical (unpaired) electrons. The van der Waals surface area contributed by atoms with Gasteiger partial charge in [-0.2, -0.15) is 0 Å². The third-order valence-corrected chi connectivity index (χ3v) is 10.6. The summed E-state index contributed by atoms with van der Waals surface area (Å²) >= 11 is 0. The minimum Gasteiger partial charge on any atom is -0.494 e. The van der Waals surface area contributed by atoms with E-state index in [0.29, 0.717) is 107 Å². The first kappa shape index (κ1) is 51.2. The van der Waals surface area contributed by atoms with Gasteiger partial charge in [-0.15, -0.1) is 0 Å². The molecule has 1 aliphatic rings. The van der Waals surface area contributed by atoms with E-state index in [1.54, 1.807) is 24.3 Å². The molecule has 5 aromatic rings. The zero-order chi connectivity index (χ0) is 47.4. The molecule has 0 unspecified atom stereocenters. The molecule has 366 valence electrons. The van der Waals surface area contributed by atoms with E-state index in [0.717, 1.165) is 72.5 Å². The lowest BCUT2D eigenvalue weighted by Crippen LogP contribution is -2.13. The van der Waals surface area contributed by atoms with Crippen molar-refractivity contribution >= 4 is 5.97 Å². The highest BCUT2D eigenvalue weighted by Crippen LogP contribution is 2.41. The number of ether oxygens (including phenoxy) is 12. The van der Waals surface area contributed by atoms with Crippen molar-refractivity contribution in [1.82, 2.24) is 0 Å². The molecular formula is C55H68O13. The summed E-state index contributed by atoms with van der Waals surface area (Å²) in [7, 11) is 0. The highest BCUT2D eigenvalue weighted by Gasteiger charge is 2.21. The Morgan fingerprint density at radius 1 is 0.426 bits per heavy atom. The summed E-state index contributed by atoms with van der Waals surface area (Å²) in [6.07, 6.45) is 6.10. The first-order valence-electron chi connectivity index (χ1n) is 24.0. The molecule has 13 nitrogen and oxygen atoms in total. The van der Waals surface area contributed by atoms with E-state index >= 15 is 0 Å². The van der Waals surface area contributed by atoms with Crippen LogP contribution >= 0.6 is 0 Å². The fourth-order valence-corrected chi connectivity index (χ4v) is 6.65. The van der Waals surface area contributed by atoms with Crippen LogP contribution in [0.2, 0.25) is 0 Å². The second-order valence-corrected chi connectivity index (χ2v) is 16.1. The normalized spacial score (nSPS) is 13.3. The highest BCUT2D eigenvalue weighted by molar-refractivity contribution is 5.91. The Morgan fingerprint density at radius 2 is 0.824 bits per heavy atom. The minimum atomic E-state index is -0.590. The van der Waals surface area contributed by atoms with Crippen molar-refractivity contribution in [2.45, 2.75) is 85.7 Å². The lowest BCUT2D eigenvalue weighted by atomic mass is 10.1. The maximum Gasteiger partial charge on any atom is 0.338 e. The molecule has 0 spiro atoms. The van der Waals surface area contributed by atoms with Gasteiger partial charge >= 0.3 is 5.97 Å². The Morgan fingerprint density at radius 3 is 1.26 bits per heavy atom. The Kier molecular flexibility index (Phi) is 22.3. The summed E-state index contributed by atoms with van der Waals surface area (Å²) in [5.74, 6) is 3.78. The maximum atomic E-state index is 14.1. The number of hydrogen-bond donors (Lipinski definition) is 0. The third kappa shape index (κ3) is 17.8. The van der Waals surface area contributed by atoms with Gasteiger partial charge in [-0.05, 0) is 102 Å². The van der Waals surface area contributed by atoms with Crippen LogP contribution in [0.15, 0.2) is 103 Å². The van der Waals surface area contributed by atoms with Crippen LogP contribution < -0.4 is 37.9 Å². The SMILES string of the molecule is CCCCOc1ccc(COc2cc(C(=O)OCc3ccc4c(c3)OCCOCCOCCOCCO4)cc(OCc3ccc(OCCCC)cc3)c2OCc2ccc(OCCCC)cc2)cc1. The molecule has 1 heterocycles. The van der Waals surface area contributed by atoms with Crippen LogP contribution in [0.5, 0.6) is 46.0 Å². The van der Waals surface area contributed by atoms with E-state index in [-0.39, 0.29) is 32.0 Å². The van der Waals surface area contributed by atoms with Gasteiger partial charge in [-0.1, -0.05) is 82.5 Å². The van der Waals surface area contributed by atoms with E-state index in [2.05, 4.69) is 20.8 Å².